The molecule has 2 N–H and O–H groups in total. The van der Waals surface area contributed by atoms with Crippen LogP contribution in [0.15, 0.2) is 70.2 Å². The summed E-state index contributed by atoms with van der Waals surface area (Å²) in [6.45, 7) is 0. The molecule has 0 atom stereocenters. The van der Waals surface area contributed by atoms with Crippen molar-refractivity contribution >= 4 is 23.6 Å². The lowest BCUT2D eigenvalue weighted by Gasteiger charge is -2.03. The predicted octanol–water partition coefficient (Wildman–Crippen LogP) is 4.02. The smallest absolute Gasteiger partial charge is 0.339 e. The van der Waals surface area contributed by atoms with Crippen molar-refractivity contribution in [2.75, 3.05) is 12.4 Å². The molecule has 0 saturated carbocycles. The van der Waals surface area contributed by atoms with Gasteiger partial charge in [0, 0.05) is 17.3 Å². The zero-order valence-electron chi connectivity index (χ0n) is 14.8. The number of hydrogen-bond donors (Lipinski definition) is 2. The number of carbonyl (C=O) groups excluding carboxylic acids is 1. The molecule has 0 fully saturated rings. The number of furan rings is 1. The van der Waals surface area contributed by atoms with Gasteiger partial charge in [-0.2, -0.15) is 5.10 Å². The molecule has 142 valence electrons. The van der Waals surface area contributed by atoms with Crippen molar-refractivity contribution in [2.45, 2.75) is 0 Å². The van der Waals surface area contributed by atoms with Crippen molar-refractivity contribution in [3.63, 3.8) is 0 Å². The maximum Gasteiger partial charge on any atom is 0.339 e. The lowest BCUT2D eigenvalue weighted by molar-refractivity contribution is -0.385. The summed E-state index contributed by atoms with van der Waals surface area (Å²) >= 11 is 0. The molecule has 9 heteroatoms. The second-order valence-corrected chi connectivity index (χ2v) is 5.54. The van der Waals surface area contributed by atoms with Gasteiger partial charge in [-0.15, -0.1) is 0 Å². The van der Waals surface area contributed by atoms with Crippen LogP contribution >= 0.6 is 0 Å². The van der Waals surface area contributed by atoms with Crippen LogP contribution < -0.4 is 15.5 Å². The molecule has 2 amide bonds. The molecule has 9 nitrogen and oxygen atoms in total. The Hall–Kier alpha value is -4.14. The Bertz CT molecular complexity index is 1010. The van der Waals surface area contributed by atoms with Crippen LogP contribution in [0.25, 0.3) is 11.3 Å². The molecular weight excluding hydrogens is 364 g/mol. The molecule has 0 bridgehead atoms. The monoisotopic (exact) mass is 380 g/mol. The van der Waals surface area contributed by atoms with Crippen molar-refractivity contribution in [3.05, 3.63) is 76.5 Å². The highest BCUT2D eigenvalue weighted by Gasteiger charge is 2.16. The highest BCUT2D eigenvalue weighted by Crippen LogP contribution is 2.32. The van der Waals surface area contributed by atoms with Gasteiger partial charge in [0.15, 0.2) is 5.75 Å². The van der Waals surface area contributed by atoms with Gasteiger partial charge in [-0.05, 0) is 36.4 Å². The van der Waals surface area contributed by atoms with Crippen LogP contribution in [0.4, 0.5) is 16.2 Å². The van der Waals surface area contributed by atoms with Gasteiger partial charge in [-0.1, -0.05) is 18.2 Å². The molecule has 0 aliphatic carbocycles. The molecule has 0 aliphatic heterocycles. The molecule has 0 aliphatic rings. The van der Waals surface area contributed by atoms with Gasteiger partial charge in [0.1, 0.15) is 11.5 Å². The van der Waals surface area contributed by atoms with E-state index in [4.69, 9.17) is 9.15 Å². The van der Waals surface area contributed by atoms with Crippen LogP contribution in [-0.4, -0.2) is 24.3 Å². The van der Waals surface area contributed by atoms with Gasteiger partial charge in [-0.3, -0.25) is 10.1 Å². The first-order valence-electron chi connectivity index (χ1n) is 8.14. The van der Waals surface area contributed by atoms with Gasteiger partial charge < -0.3 is 14.5 Å². The number of hydrogen-bond acceptors (Lipinski definition) is 6. The van der Waals surface area contributed by atoms with E-state index in [-0.39, 0.29) is 11.4 Å². The third kappa shape index (κ3) is 4.52. The average Bonchev–Trinajstić information content (AvgIpc) is 3.17. The number of nitro benzene ring substituents is 1. The number of nitrogens with zero attached hydrogens (tertiary/aromatic N) is 2. The number of amides is 2. The van der Waals surface area contributed by atoms with Gasteiger partial charge in [0.05, 0.1) is 18.2 Å². The normalized spacial score (nSPS) is 10.6. The van der Waals surface area contributed by atoms with Gasteiger partial charge >= 0.3 is 11.7 Å². The first kappa shape index (κ1) is 18.6. The van der Waals surface area contributed by atoms with E-state index in [1.54, 1.807) is 42.5 Å². The van der Waals surface area contributed by atoms with E-state index in [1.807, 2.05) is 6.07 Å². The molecule has 1 heterocycles. The highest BCUT2D eigenvalue weighted by molar-refractivity contribution is 5.90. The standard InChI is InChI=1S/C19H16N4O5/c1-27-18-11-13(7-9-16(18)23(25)26)17-10-8-15(28-17)12-20-22-19(24)21-14-5-3-2-4-6-14/h2-12H,1H3,(H2,21,22,24). The number of nitrogens with one attached hydrogen (secondary N) is 2. The fourth-order valence-corrected chi connectivity index (χ4v) is 2.39. The summed E-state index contributed by atoms with van der Waals surface area (Å²) in [6, 6.07) is 16.2. The lowest BCUT2D eigenvalue weighted by atomic mass is 10.1. The maximum absolute atomic E-state index is 11.8. The molecule has 28 heavy (non-hydrogen) atoms. The van der Waals surface area contributed by atoms with Gasteiger partial charge in [-0.25, -0.2) is 10.2 Å². The minimum absolute atomic E-state index is 0.131. The summed E-state index contributed by atoms with van der Waals surface area (Å²) < 4.78 is 10.7. The Balaban J connectivity index is 1.65. The third-order valence-corrected chi connectivity index (χ3v) is 3.68. The van der Waals surface area contributed by atoms with Crippen LogP contribution in [0.5, 0.6) is 5.75 Å². The van der Waals surface area contributed by atoms with Crippen molar-refractivity contribution in [1.29, 1.82) is 0 Å². The molecule has 0 radical (unpaired) electrons. The molecule has 3 rings (SSSR count). The summed E-state index contributed by atoms with van der Waals surface area (Å²) in [5.74, 6) is 1.00. The molecule has 0 spiro atoms. The zero-order chi connectivity index (χ0) is 19.9. The van der Waals surface area contributed by atoms with E-state index in [0.29, 0.717) is 22.8 Å². The molecule has 1 aromatic heterocycles. The summed E-state index contributed by atoms with van der Waals surface area (Å²) in [7, 11) is 1.36. The minimum Gasteiger partial charge on any atom is -0.490 e. The number of rotatable bonds is 6. The Morgan fingerprint density at radius 3 is 2.68 bits per heavy atom. The summed E-state index contributed by atoms with van der Waals surface area (Å²) in [5, 5.41) is 17.4. The van der Waals surface area contributed by atoms with Gasteiger partial charge in [0.25, 0.3) is 0 Å². The van der Waals surface area contributed by atoms with Crippen LogP contribution in [0.2, 0.25) is 0 Å². The molecule has 2 aromatic carbocycles. The van der Waals surface area contributed by atoms with E-state index >= 15 is 0 Å². The predicted molar refractivity (Wildman–Crippen MR) is 104 cm³/mol. The number of urea groups is 1. The number of benzene rings is 2. The fraction of sp³-hybridized carbons (Fsp3) is 0.0526. The first-order chi connectivity index (χ1) is 13.6. The number of ether oxygens (including phenoxy) is 1. The van der Waals surface area contributed by atoms with Crippen molar-refractivity contribution in [2.24, 2.45) is 5.10 Å². The summed E-state index contributed by atoms with van der Waals surface area (Å²) in [5.41, 5.74) is 3.45. The van der Waals surface area contributed by atoms with Crippen molar-refractivity contribution < 1.29 is 18.9 Å². The van der Waals surface area contributed by atoms with Crippen LogP contribution in [0.1, 0.15) is 5.76 Å². The number of carbonyl (C=O) groups is 1. The largest absolute Gasteiger partial charge is 0.490 e. The third-order valence-electron chi connectivity index (χ3n) is 3.68. The Labute approximate surface area is 159 Å². The Morgan fingerprint density at radius 2 is 1.96 bits per heavy atom. The van der Waals surface area contributed by atoms with E-state index < -0.39 is 11.0 Å². The quantitative estimate of drug-likeness (QED) is 0.380. The lowest BCUT2D eigenvalue weighted by Crippen LogP contribution is -2.24. The zero-order valence-corrected chi connectivity index (χ0v) is 14.8. The number of nitro groups is 1. The first-order valence-corrected chi connectivity index (χ1v) is 8.14. The van der Waals surface area contributed by atoms with Gasteiger partial charge in [0.2, 0.25) is 0 Å². The second-order valence-electron chi connectivity index (χ2n) is 5.54. The number of methoxy groups -OCH3 is 1. The molecule has 0 saturated heterocycles. The average molecular weight is 380 g/mol. The molecule has 0 unspecified atom stereocenters. The van der Waals surface area contributed by atoms with E-state index in [0.717, 1.165) is 0 Å². The summed E-state index contributed by atoms with van der Waals surface area (Å²) in [6.07, 6.45) is 1.34. The maximum atomic E-state index is 11.8. The van der Waals surface area contributed by atoms with Crippen molar-refractivity contribution in [3.8, 4) is 17.1 Å². The number of anilines is 1. The van der Waals surface area contributed by atoms with E-state index in [1.165, 1.54) is 25.5 Å². The van der Waals surface area contributed by atoms with E-state index in [2.05, 4.69) is 15.8 Å². The van der Waals surface area contributed by atoms with Crippen LogP contribution in [-0.2, 0) is 0 Å². The Morgan fingerprint density at radius 1 is 1.18 bits per heavy atom. The highest BCUT2D eigenvalue weighted by atomic mass is 16.6. The Kier molecular flexibility index (Phi) is 5.66. The second kappa shape index (κ2) is 8.49. The molecular formula is C19H16N4O5. The topological polar surface area (TPSA) is 119 Å². The van der Waals surface area contributed by atoms with Crippen LogP contribution in [0.3, 0.4) is 0 Å². The number of para-hydroxylation sites is 1. The van der Waals surface area contributed by atoms with Crippen LogP contribution in [0, 0.1) is 10.1 Å². The molecule has 3 aromatic rings. The SMILES string of the molecule is COc1cc(-c2ccc(C=NNC(=O)Nc3ccccc3)o2)ccc1[N+](=O)[O-]. The number of hydrazone groups is 1. The summed E-state index contributed by atoms with van der Waals surface area (Å²) in [4.78, 5) is 22.2. The minimum atomic E-state index is -0.519. The fourth-order valence-electron chi connectivity index (χ4n) is 2.39. The van der Waals surface area contributed by atoms with E-state index in [9.17, 15) is 14.9 Å². The van der Waals surface area contributed by atoms with Crippen molar-refractivity contribution in [1.82, 2.24) is 5.43 Å².